The van der Waals surface area contributed by atoms with Crippen LogP contribution in [0.5, 0.6) is 0 Å². The van der Waals surface area contributed by atoms with Gasteiger partial charge in [-0.3, -0.25) is 0 Å². The zero-order chi connectivity index (χ0) is 10.7. The number of benzene rings is 2. The molecule has 0 aliphatic rings. The topological polar surface area (TPSA) is 43.4 Å². The summed E-state index contributed by atoms with van der Waals surface area (Å²) in [5.41, 5.74) is 1.16. The minimum absolute atomic E-state index is 0.579. The van der Waals surface area contributed by atoms with Crippen LogP contribution in [0.2, 0.25) is 0 Å². The lowest BCUT2D eigenvalue weighted by atomic mass is 10.1. The highest BCUT2D eigenvalue weighted by atomic mass is 16.5. The van der Waals surface area contributed by atoms with E-state index in [2.05, 4.69) is 12.1 Å². The summed E-state index contributed by atoms with van der Waals surface area (Å²) in [5.74, 6) is -0.665. The SMILES string of the molecule is O=c1oc2ccc3ccc4ccc(o1)c2c34. The van der Waals surface area contributed by atoms with Gasteiger partial charge in [-0.2, -0.15) is 0 Å². The van der Waals surface area contributed by atoms with E-state index in [1.165, 1.54) is 0 Å². The Labute approximate surface area is 89.2 Å². The van der Waals surface area contributed by atoms with E-state index >= 15 is 0 Å². The van der Waals surface area contributed by atoms with E-state index in [1.807, 2.05) is 12.1 Å². The van der Waals surface area contributed by atoms with Gasteiger partial charge in [0.05, 0.1) is 5.39 Å². The van der Waals surface area contributed by atoms with Crippen molar-refractivity contribution in [2.24, 2.45) is 0 Å². The maximum absolute atomic E-state index is 11.2. The van der Waals surface area contributed by atoms with Crippen LogP contribution in [-0.2, 0) is 0 Å². The van der Waals surface area contributed by atoms with Crippen molar-refractivity contribution in [3.05, 3.63) is 47.0 Å². The smallest absolute Gasteiger partial charge is 0.394 e. The lowest BCUT2D eigenvalue weighted by Gasteiger charge is -2.02. The summed E-state index contributed by atoms with van der Waals surface area (Å²) < 4.78 is 10.1. The first-order chi connectivity index (χ1) is 7.83. The maximum Gasteiger partial charge on any atom is 0.519 e. The van der Waals surface area contributed by atoms with Gasteiger partial charge in [-0.25, -0.2) is 4.79 Å². The normalized spacial score (nSPS) is 12.0. The number of hydrogen-bond acceptors (Lipinski definition) is 3. The third-order valence-electron chi connectivity index (χ3n) is 2.98. The summed E-state index contributed by atoms with van der Waals surface area (Å²) >= 11 is 0. The van der Waals surface area contributed by atoms with Crippen LogP contribution >= 0.6 is 0 Å². The summed E-state index contributed by atoms with van der Waals surface area (Å²) in [6, 6.07) is 11.6. The first-order valence-electron chi connectivity index (χ1n) is 5.00. The van der Waals surface area contributed by atoms with Crippen LogP contribution in [0.15, 0.2) is 50.0 Å². The van der Waals surface area contributed by atoms with E-state index in [0.717, 1.165) is 21.5 Å². The van der Waals surface area contributed by atoms with Gasteiger partial charge in [-0.15, -0.1) is 0 Å². The molecule has 0 aliphatic carbocycles. The average Bonchev–Trinajstić information content (AvgIpc) is 2.70. The molecule has 76 valence electrons. The molecule has 0 fully saturated rings. The average molecular weight is 210 g/mol. The van der Waals surface area contributed by atoms with Crippen molar-refractivity contribution in [2.75, 3.05) is 0 Å². The van der Waals surface area contributed by atoms with E-state index in [9.17, 15) is 4.79 Å². The predicted molar refractivity (Wildman–Crippen MR) is 60.9 cm³/mol. The quantitative estimate of drug-likeness (QED) is 0.447. The highest BCUT2D eigenvalue weighted by molar-refractivity contribution is 6.21. The molecular formula is C13H6O3. The van der Waals surface area contributed by atoms with Gasteiger partial charge in [-0.1, -0.05) is 24.3 Å². The first-order valence-corrected chi connectivity index (χ1v) is 5.00. The molecule has 4 aromatic rings. The molecule has 1 aromatic heterocycles. The molecule has 0 spiro atoms. The van der Waals surface area contributed by atoms with Crippen molar-refractivity contribution in [1.82, 2.24) is 0 Å². The van der Waals surface area contributed by atoms with Gasteiger partial charge in [0, 0.05) is 5.39 Å². The first kappa shape index (κ1) is 7.93. The summed E-state index contributed by atoms with van der Waals surface area (Å²) in [7, 11) is 0. The van der Waals surface area contributed by atoms with Crippen molar-refractivity contribution >= 4 is 32.7 Å². The van der Waals surface area contributed by atoms with Gasteiger partial charge in [0.15, 0.2) is 0 Å². The van der Waals surface area contributed by atoms with Gasteiger partial charge in [0.25, 0.3) is 0 Å². The van der Waals surface area contributed by atoms with E-state index in [-0.39, 0.29) is 0 Å². The molecule has 0 amide bonds. The molecule has 3 heteroatoms. The van der Waals surface area contributed by atoms with Gasteiger partial charge in [-0.05, 0) is 22.9 Å². The third kappa shape index (κ3) is 0.810. The highest BCUT2D eigenvalue weighted by Gasteiger charge is 2.12. The van der Waals surface area contributed by atoms with E-state index in [4.69, 9.17) is 8.83 Å². The number of hydrogen-bond donors (Lipinski definition) is 0. The molecule has 0 saturated heterocycles. The standard InChI is InChI=1S/C13H6O3/c14-13-15-9-5-3-7-1-2-8-4-6-10(16-13)12(9)11(7)8/h1-6H. The monoisotopic (exact) mass is 210 g/mol. The molecule has 0 unspecified atom stereocenters. The van der Waals surface area contributed by atoms with Crippen molar-refractivity contribution in [3.8, 4) is 0 Å². The molecule has 0 N–H and O–H groups in total. The zero-order valence-corrected chi connectivity index (χ0v) is 8.19. The number of rotatable bonds is 0. The highest BCUT2D eigenvalue weighted by Crippen LogP contribution is 2.34. The summed E-state index contributed by atoms with van der Waals surface area (Å²) in [4.78, 5) is 11.2. The molecule has 1 heterocycles. The molecule has 0 aliphatic heterocycles. The minimum atomic E-state index is -0.665. The predicted octanol–water partition coefficient (Wildman–Crippen LogP) is 3.13. The zero-order valence-electron chi connectivity index (χ0n) is 8.19. The molecule has 3 aromatic carbocycles. The Morgan fingerprint density at radius 3 is 1.75 bits per heavy atom. The van der Waals surface area contributed by atoms with Gasteiger partial charge >= 0.3 is 5.82 Å². The summed E-state index contributed by atoms with van der Waals surface area (Å²) in [5, 5.41) is 4.26. The Bertz CT molecular complexity index is 801. The molecule has 0 atom stereocenters. The Morgan fingerprint density at radius 1 is 0.688 bits per heavy atom. The second-order valence-electron chi connectivity index (χ2n) is 3.84. The fraction of sp³-hybridized carbons (Fsp3) is 0. The minimum Gasteiger partial charge on any atom is -0.394 e. The van der Waals surface area contributed by atoms with Crippen LogP contribution in [0.4, 0.5) is 0 Å². The van der Waals surface area contributed by atoms with Gasteiger partial charge in [0.1, 0.15) is 11.2 Å². The molecule has 0 bridgehead atoms. The summed E-state index contributed by atoms with van der Waals surface area (Å²) in [6.45, 7) is 0. The molecule has 3 nitrogen and oxygen atoms in total. The van der Waals surface area contributed by atoms with E-state index < -0.39 is 5.82 Å². The Balaban J connectivity index is 2.53. The van der Waals surface area contributed by atoms with Crippen LogP contribution in [-0.4, -0.2) is 0 Å². The van der Waals surface area contributed by atoms with Crippen LogP contribution in [0.3, 0.4) is 0 Å². The molecular weight excluding hydrogens is 204 g/mol. The van der Waals surface area contributed by atoms with Gasteiger partial charge < -0.3 is 8.83 Å². The Morgan fingerprint density at radius 2 is 1.19 bits per heavy atom. The molecule has 4 rings (SSSR count). The van der Waals surface area contributed by atoms with E-state index in [0.29, 0.717) is 11.2 Å². The van der Waals surface area contributed by atoms with Crippen LogP contribution in [0.1, 0.15) is 0 Å². The van der Waals surface area contributed by atoms with Crippen molar-refractivity contribution < 1.29 is 8.83 Å². The van der Waals surface area contributed by atoms with Crippen molar-refractivity contribution in [2.45, 2.75) is 0 Å². The fourth-order valence-electron chi connectivity index (χ4n) is 2.32. The van der Waals surface area contributed by atoms with Crippen molar-refractivity contribution in [1.29, 1.82) is 0 Å². The molecule has 0 radical (unpaired) electrons. The van der Waals surface area contributed by atoms with Crippen LogP contribution < -0.4 is 5.82 Å². The van der Waals surface area contributed by atoms with Gasteiger partial charge in [0.2, 0.25) is 0 Å². The Hall–Kier alpha value is -2.29. The van der Waals surface area contributed by atoms with Crippen LogP contribution in [0, 0.1) is 0 Å². The lowest BCUT2D eigenvalue weighted by Crippen LogP contribution is -1.96. The molecule has 16 heavy (non-hydrogen) atoms. The van der Waals surface area contributed by atoms with Crippen LogP contribution in [0.25, 0.3) is 32.7 Å². The second kappa shape index (κ2) is 2.44. The summed E-state index contributed by atoms with van der Waals surface area (Å²) in [6.07, 6.45) is 0. The van der Waals surface area contributed by atoms with E-state index in [1.54, 1.807) is 12.1 Å². The maximum atomic E-state index is 11.2. The van der Waals surface area contributed by atoms with Crippen molar-refractivity contribution in [3.63, 3.8) is 0 Å². The Kier molecular flexibility index (Phi) is 1.21. The second-order valence-corrected chi connectivity index (χ2v) is 3.84. The largest absolute Gasteiger partial charge is 0.519 e. The molecule has 0 saturated carbocycles. The lowest BCUT2D eigenvalue weighted by molar-refractivity contribution is 0.369. The fourth-order valence-corrected chi connectivity index (χ4v) is 2.32. The third-order valence-corrected chi connectivity index (χ3v) is 2.98.